The zero-order valence-corrected chi connectivity index (χ0v) is 9.79. The van der Waals surface area contributed by atoms with Crippen LogP contribution in [0.5, 0.6) is 5.75 Å². The third-order valence-corrected chi connectivity index (χ3v) is 2.62. The molecule has 1 aliphatic heterocycles. The van der Waals surface area contributed by atoms with Crippen LogP contribution in [0, 0.1) is 5.82 Å². The minimum Gasteiger partial charge on any atom is -0.494 e. The molecule has 0 saturated carbocycles. The van der Waals surface area contributed by atoms with Crippen LogP contribution < -0.4 is 10.2 Å². The largest absolute Gasteiger partial charge is 0.497 e. The van der Waals surface area contributed by atoms with Gasteiger partial charge < -0.3 is 14.0 Å². The standard InChI is InChI=1S/C10H9BClFO4/c1-15-9-7(11-16-4-5-17-11)3-2-6(8(9)13)10(12)14/h2-3H,4-5H2,1H3. The summed E-state index contributed by atoms with van der Waals surface area (Å²) in [6.07, 6.45) is 0. The van der Waals surface area contributed by atoms with Gasteiger partial charge in [0, 0.05) is 5.46 Å². The van der Waals surface area contributed by atoms with Gasteiger partial charge in [-0.15, -0.1) is 0 Å². The minimum absolute atomic E-state index is 0.0802. The molecule has 17 heavy (non-hydrogen) atoms. The van der Waals surface area contributed by atoms with E-state index < -0.39 is 18.2 Å². The summed E-state index contributed by atoms with van der Waals surface area (Å²) in [7, 11) is 0.637. The highest BCUT2D eigenvalue weighted by atomic mass is 35.5. The highest BCUT2D eigenvalue weighted by Gasteiger charge is 2.32. The molecule has 1 aromatic carbocycles. The van der Waals surface area contributed by atoms with Gasteiger partial charge >= 0.3 is 7.12 Å². The second kappa shape index (κ2) is 5.04. The van der Waals surface area contributed by atoms with Gasteiger partial charge in [-0.25, -0.2) is 4.39 Å². The van der Waals surface area contributed by atoms with Crippen LogP contribution in [0.3, 0.4) is 0 Å². The van der Waals surface area contributed by atoms with Gasteiger partial charge in [-0.1, -0.05) is 6.07 Å². The first kappa shape index (κ1) is 12.4. The van der Waals surface area contributed by atoms with Crippen molar-refractivity contribution in [3.63, 3.8) is 0 Å². The molecule has 0 N–H and O–H groups in total. The van der Waals surface area contributed by atoms with Crippen molar-refractivity contribution < 1.29 is 23.2 Å². The Morgan fingerprint density at radius 1 is 1.47 bits per heavy atom. The first-order chi connectivity index (χ1) is 8.15. The molecule has 0 spiro atoms. The summed E-state index contributed by atoms with van der Waals surface area (Å²) in [6, 6.07) is 2.79. The zero-order chi connectivity index (χ0) is 12.4. The Bertz CT molecular complexity index is 448. The first-order valence-electron chi connectivity index (χ1n) is 4.94. The van der Waals surface area contributed by atoms with Crippen LogP contribution in [-0.4, -0.2) is 32.7 Å². The molecule has 0 unspecified atom stereocenters. The maximum atomic E-state index is 13.9. The zero-order valence-electron chi connectivity index (χ0n) is 9.04. The molecule has 0 radical (unpaired) electrons. The third kappa shape index (κ3) is 2.29. The molecule has 0 aromatic heterocycles. The van der Waals surface area contributed by atoms with E-state index in [9.17, 15) is 9.18 Å². The van der Waals surface area contributed by atoms with Crippen LogP contribution in [0.25, 0.3) is 0 Å². The molecule has 1 heterocycles. The Morgan fingerprint density at radius 2 is 2.12 bits per heavy atom. The molecule has 1 fully saturated rings. The molecule has 1 aliphatic rings. The summed E-state index contributed by atoms with van der Waals surface area (Å²) in [4.78, 5) is 11.0. The number of carbonyl (C=O) groups excluding carboxylic acids is 1. The Labute approximate surface area is 103 Å². The number of methoxy groups -OCH3 is 1. The van der Waals surface area contributed by atoms with Crippen molar-refractivity contribution in [3.8, 4) is 5.75 Å². The fourth-order valence-electron chi connectivity index (χ4n) is 1.65. The highest BCUT2D eigenvalue weighted by molar-refractivity contribution is 6.68. The lowest BCUT2D eigenvalue weighted by atomic mass is 9.78. The van der Waals surface area contributed by atoms with E-state index >= 15 is 0 Å². The Hall–Kier alpha value is -1.11. The molecule has 90 valence electrons. The van der Waals surface area contributed by atoms with E-state index in [1.807, 2.05) is 0 Å². The van der Waals surface area contributed by atoms with Gasteiger partial charge in [0.25, 0.3) is 5.24 Å². The van der Waals surface area contributed by atoms with Crippen molar-refractivity contribution in [2.45, 2.75) is 0 Å². The van der Waals surface area contributed by atoms with Gasteiger partial charge in [-0.05, 0) is 17.7 Å². The van der Waals surface area contributed by atoms with Gasteiger partial charge in [0.05, 0.1) is 25.9 Å². The lowest BCUT2D eigenvalue weighted by Gasteiger charge is -2.12. The number of hydrogen-bond acceptors (Lipinski definition) is 4. The van der Waals surface area contributed by atoms with Crippen molar-refractivity contribution in [2.75, 3.05) is 20.3 Å². The normalized spacial score (nSPS) is 15.1. The van der Waals surface area contributed by atoms with E-state index in [-0.39, 0.29) is 11.3 Å². The number of hydrogen-bond donors (Lipinski definition) is 0. The number of carbonyl (C=O) groups is 1. The third-order valence-electron chi connectivity index (χ3n) is 2.42. The predicted molar refractivity (Wildman–Crippen MR) is 60.4 cm³/mol. The number of rotatable bonds is 3. The summed E-state index contributed by atoms with van der Waals surface area (Å²) in [5.74, 6) is -0.882. The Kier molecular flexibility index (Phi) is 3.66. The molecule has 4 nitrogen and oxygen atoms in total. The summed E-state index contributed by atoms with van der Waals surface area (Å²) in [5.41, 5.74) is 0.175. The second-order valence-corrected chi connectivity index (χ2v) is 3.74. The van der Waals surface area contributed by atoms with Crippen LogP contribution in [0.1, 0.15) is 10.4 Å². The van der Waals surface area contributed by atoms with Crippen molar-refractivity contribution in [2.24, 2.45) is 0 Å². The predicted octanol–water partition coefficient (Wildman–Crippen LogP) is 0.955. The lowest BCUT2D eigenvalue weighted by Crippen LogP contribution is -2.33. The Morgan fingerprint density at radius 3 is 2.65 bits per heavy atom. The number of benzene rings is 1. The fourth-order valence-corrected chi connectivity index (χ4v) is 1.80. The van der Waals surface area contributed by atoms with Crippen LogP contribution in [-0.2, 0) is 9.31 Å². The molecular formula is C10H9BClFO4. The molecule has 1 saturated heterocycles. The monoisotopic (exact) mass is 258 g/mol. The summed E-state index contributed by atoms with van der Waals surface area (Å²) < 4.78 is 29.3. The second-order valence-electron chi connectivity index (χ2n) is 3.40. The molecule has 7 heteroatoms. The lowest BCUT2D eigenvalue weighted by molar-refractivity contribution is 0.107. The molecule has 0 aliphatic carbocycles. The van der Waals surface area contributed by atoms with Crippen molar-refractivity contribution >= 4 is 29.4 Å². The molecular weight excluding hydrogens is 249 g/mol. The van der Waals surface area contributed by atoms with Crippen LogP contribution >= 0.6 is 11.6 Å². The van der Waals surface area contributed by atoms with E-state index in [2.05, 4.69) is 0 Å². The summed E-state index contributed by atoms with van der Waals surface area (Å²) in [6.45, 7) is 0.872. The molecule has 0 bridgehead atoms. The maximum absolute atomic E-state index is 13.9. The minimum atomic E-state index is -0.874. The molecule has 2 rings (SSSR count). The number of ether oxygens (including phenoxy) is 1. The molecule has 1 aromatic rings. The van der Waals surface area contributed by atoms with Gasteiger partial charge in [-0.3, -0.25) is 4.79 Å². The van der Waals surface area contributed by atoms with E-state index in [4.69, 9.17) is 25.6 Å². The summed E-state index contributed by atoms with van der Waals surface area (Å²) in [5, 5.41) is -0.874. The van der Waals surface area contributed by atoms with E-state index in [0.717, 1.165) is 0 Å². The van der Waals surface area contributed by atoms with Crippen LogP contribution in [0.15, 0.2) is 12.1 Å². The van der Waals surface area contributed by atoms with Crippen molar-refractivity contribution in [1.82, 2.24) is 0 Å². The topological polar surface area (TPSA) is 44.8 Å². The number of halogens is 2. The van der Waals surface area contributed by atoms with Crippen LogP contribution in [0.4, 0.5) is 4.39 Å². The SMILES string of the molecule is COc1c(B2OCCO2)ccc(C(=O)Cl)c1F. The Balaban J connectivity index is 2.46. The van der Waals surface area contributed by atoms with Gasteiger partial charge in [0.1, 0.15) is 0 Å². The van der Waals surface area contributed by atoms with Crippen LogP contribution in [0.2, 0.25) is 0 Å². The maximum Gasteiger partial charge on any atom is 0.497 e. The highest BCUT2D eigenvalue weighted by Crippen LogP contribution is 2.21. The first-order valence-corrected chi connectivity index (χ1v) is 5.32. The average molecular weight is 258 g/mol. The molecule has 0 amide bonds. The summed E-state index contributed by atoms with van der Waals surface area (Å²) >= 11 is 5.25. The van der Waals surface area contributed by atoms with Gasteiger partial charge in [0.15, 0.2) is 11.6 Å². The smallest absolute Gasteiger partial charge is 0.494 e. The molecule has 0 atom stereocenters. The van der Waals surface area contributed by atoms with E-state index in [0.29, 0.717) is 18.7 Å². The van der Waals surface area contributed by atoms with E-state index in [1.165, 1.54) is 19.2 Å². The van der Waals surface area contributed by atoms with Gasteiger partial charge in [-0.2, -0.15) is 0 Å². The average Bonchev–Trinajstić information content (AvgIpc) is 2.81. The van der Waals surface area contributed by atoms with Gasteiger partial charge in [0.2, 0.25) is 0 Å². The quantitative estimate of drug-likeness (QED) is 0.598. The van der Waals surface area contributed by atoms with Crippen molar-refractivity contribution in [3.05, 3.63) is 23.5 Å². The fraction of sp³-hybridized carbons (Fsp3) is 0.300. The van der Waals surface area contributed by atoms with E-state index in [1.54, 1.807) is 0 Å². The van der Waals surface area contributed by atoms with Crippen molar-refractivity contribution in [1.29, 1.82) is 0 Å².